The number of hydrogen-bond donors (Lipinski definition) is 2. The number of rotatable bonds is 6. The van der Waals surface area contributed by atoms with E-state index >= 15 is 8.78 Å². The first-order valence-electron chi connectivity index (χ1n) is 10.7. The van der Waals surface area contributed by atoms with Crippen molar-refractivity contribution in [2.45, 2.75) is 31.7 Å². The van der Waals surface area contributed by atoms with E-state index in [1.54, 1.807) is 12.1 Å². The van der Waals surface area contributed by atoms with Gasteiger partial charge >= 0.3 is 0 Å². The molecule has 0 spiro atoms. The second-order valence-electron chi connectivity index (χ2n) is 8.15. The molecule has 0 amide bonds. The van der Waals surface area contributed by atoms with E-state index in [9.17, 15) is 0 Å². The lowest BCUT2D eigenvalue weighted by Crippen LogP contribution is -2.32. The van der Waals surface area contributed by atoms with Gasteiger partial charge in [0.15, 0.2) is 11.6 Å². The van der Waals surface area contributed by atoms with Crippen LogP contribution in [0.2, 0.25) is 5.02 Å². The zero-order valence-electron chi connectivity index (χ0n) is 18.1. The van der Waals surface area contributed by atoms with Crippen molar-refractivity contribution in [3.63, 3.8) is 0 Å². The molecule has 0 fully saturated rings. The van der Waals surface area contributed by atoms with Crippen molar-refractivity contribution in [2.75, 3.05) is 20.3 Å². The SMILES string of the molecule is CNC1Cc2ccc(OCCO)c(F)c2-c2c(Cl)c(F)cc(Cc3ccccc3)c2[C@H]1C. The molecule has 6 heteroatoms. The molecule has 3 aromatic carbocycles. The number of benzene rings is 3. The number of ether oxygens (including phenoxy) is 1. The van der Waals surface area contributed by atoms with Crippen LogP contribution in [0.5, 0.6) is 5.75 Å². The van der Waals surface area contributed by atoms with Crippen LogP contribution in [0, 0.1) is 11.6 Å². The highest BCUT2D eigenvalue weighted by molar-refractivity contribution is 6.33. The number of halogens is 3. The summed E-state index contributed by atoms with van der Waals surface area (Å²) >= 11 is 6.53. The van der Waals surface area contributed by atoms with Gasteiger partial charge in [-0.15, -0.1) is 0 Å². The molecule has 0 bridgehead atoms. The molecule has 0 radical (unpaired) electrons. The summed E-state index contributed by atoms with van der Waals surface area (Å²) in [5.74, 6) is -1.18. The van der Waals surface area contributed by atoms with Crippen molar-refractivity contribution >= 4 is 11.6 Å². The van der Waals surface area contributed by atoms with Gasteiger partial charge < -0.3 is 15.2 Å². The van der Waals surface area contributed by atoms with E-state index in [1.807, 2.05) is 37.4 Å². The van der Waals surface area contributed by atoms with Gasteiger partial charge in [-0.05, 0) is 60.2 Å². The number of aliphatic hydroxyl groups is 1. The first-order valence-corrected chi connectivity index (χ1v) is 11.1. The quantitative estimate of drug-likeness (QED) is 0.514. The van der Waals surface area contributed by atoms with Gasteiger partial charge in [-0.3, -0.25) is 0 Å². The molecule has 32 heavy (non-hydrogen) atoms. The largest absolute Gasteiger partial charge is 0.488 e. The Hall–Kier alpha value is -2.47. The van der Waals surface area contributed by atoms with Crippen LogP contribution in [0.15, 0.2) is 48.5 Å². The fourth-order valence-corrected chi connectivity index (χ4v) is 4.94. The Labute approximate surface area is 192 Å². The van der Waals surface area contributed by atoms with E-state index in [-0.39, 0.29) is 41.5 Å². The third-order valence-electron chi connectivity index (χ3n) is 6.24. The molecular weight excluding hydrogens is 432 g/mol. The molecule has 1 unspecified atom stereocenters. The minimum absolute atomic E-state index is 0.00895. The molecule has 1 aliphatic carbocycles. The van der Waals surface area contributed by atoms with E-state index in [1.165, 1.54) is 6.07 Å². The first kappa shape index (κ1) is 22.7. The summed E-state index contributed by atoms with van der Waals surface area (Å²) in [5.41, 5.74) is 4.08. The van der Waals surface area contributed by atoms with Crippen molar-refractivity contribution in [1.29, 1.82) is 0 Å². The Kier molecular flexibility index (Phi) is 6.79. The third-order valence-corrected chi connectivity index (χ3v) is 6.61. The molecule has 3 aromatic rings. The van der Waals surface area contributed by atoms with Crippen LogP contribution < -0.4 is 10.1 Å². The lowest BCUT2D eigenvalue weighted by Gasteiger charge is -2.26. The number of nitrogens with one attached hydrogen (secondary N) is 1. The highest BCUT2D eigenvalue weighted by Crippen LogP contribution is 2.47. The highest BCUT2D eigenvalue weighted by Gasteiger charge is 2.34. The maximum Gasteiger partial charge on any atom is 0.173 e. The topological polar surface area (TPSA) is 41.5 Å². The summed E-state index contributed by atoms with van der Waals surface area (Å²) in [4.78, 5) is 0. The Morgan fingerprint density at radius 1 is 1.12 bits per heavy atom. The summed E-state index contributed by atoms with van der Waals surface area (Å²) in [6.07, 6.45) is 1.07. The Morgan fingerprint density at radius 2 is 1.88 bits per heavy atom. The van der Waals surface area contributed by atoms with Crippen molar-refractivity contribution in [2.24, 2.45) is 0 Å². The molecule has 2 N–H and O–H groups in total. The molecule has 3 nitrogen and oxygen atoms in total. The monoisotopic (exact) mass is 457 g/mol. The van der Waals surface area contributed by atoms with E-state index in [0.717, 1.165) is 22.3 Å². The number of fused-ring (bicyclic) bond motifs is 3. The van der Waals surface area contributed by atoms with Crippen LogP contribution >= 0.6 is 11.6 Å². The van der Waals surface area contributed by atoms with Crippen molar-refractivity contribution in [3.8, 4) is 16.9 Å². The second kappa shape index (κ2) is 9.57. The van der Waals surface area contributed by atoms with Gasteiger partial charge in [0.05, 0.1) is 11.6 Å². The average Bonchev–Trinajstić information content (AvgIpc) is 2.92. The molecule has 0 aromatic heterocycles. The number of hydrogen-bond acceptors (Lipinski definition) is 3. The predicted molar refractivity (Wildman–Crippen MR) is 124 cm³/mol. The van der Waals surface area contributed by atoms with E-state index in [2.05, 4.69) is 12.2 Å². The van der Waals surface area contributed by atoms with Gasteiger partial charge in [-0.1, -0.05) is 54.9 Å². The number of aliphatic hydroxyl groups excluding tert-OH is 1. The summed E-state index contributed by atoms with van der Waals surface area (Å²) in [6, 6.07) is 14.7. The lowest BCUT2D eigenvalue weighted by atomic mass is 9.84. The van der Waals surface area contributed by atoms with Crippen LogP contribution in [0.3, 0.4) is 0 Å². The van der Waals surface area contributed by atoms with Crippen LogP contribution in [0.1, 0.15) is 35.1 Å². The van der Waals surface area contributed by atoms with Crippen molar-refractivity contribution in [1.82, 2.24) is 5.32 Å². The zero-order chi connectivity index (χ0) is 22.8. The summed E-state index contributed by atoms with van der Waals surface area (Å²) < 4.78 is 36.3. The minimum atomic E-state index is -0.584. The fraction of sp³-hybridized carbons (Fsp3) is 0.308. The lowest BCUT2D eigenvalue weighted by molar-refractivity contribution is 0.196. The molecule has 1 aliphatic rings. The molecule has 4 rings (SSSR count). The summed E-state index contributed by atoms with van der Waals surface area (Å²) in [5, 5.41) is 12.4. The van der Waals surface area contributed by atoms with Gasteiger partial charge in [0.2, 0.25) is 0 Å². The van der Waals surface area contributed by atoms with Crippen LogP contribution in [-0.2, 0) is 12.8 Å². The molecule has 0 heterocycles. The van der Waals surface area contributed by atoms with Gasteiger partial charge in [0.1, 0.15) is 12.4 Å². The fourth-order valence-electron chi connectivity index (χ4n) is 4.69. The van der Waals surface area contributed by atoms with Gasteiger partial charge in [0, 0.05) is 17.2 Å². The van der Waals surface area contributed by atoms with Crippen LogP contribution in [-0.4, -0.2) is 31.4 Å². The minimum Gasteiger partial charge on any atom is -0.488 e. The van der Waals surface area contributed by atoms with Gasteiger partial charge in [-0.25, -0.2) is 8.78 Å². The standard InChI is InChI=1S/C26H26ClF2NO2/c1-15-20(30-2)14-17-8-9-21(32-11-10-31)26(29)23(17)24-22(15)18(13-19(28)25(24)27)12-16-6-4-3-5-7-16/h3-9,13,15,20,30-31H,10-12,14H2,1-2H3/t15-,20?/m0/s1. The average molecular weight is 458 g/mol. The predicted octanol–water partition coefficient (Wildman–Crippen LogP) is 5.49. The van der Waals surface area contributed by atoms with E-state index in [4.69, 9.17) is 21.4 Å². The zero-order valence-corrected chi connectivity index (χ0v) is 18.8. The molecule has 0 aliphatic heterocycles. The van der Waals surface area contributed by atoms with E-state index in [0.29, 0.717) is 18.4 Å². The normalized spacial score (nSPS) is 17.4. The maximum absolute atomic E-state index is 15.8. The van der Waals surface area contributed by atoms with Crippen molar-refractivity contribution < 1.29 is 18.6 Å². The van der Waals surface area contributed by atoms with Gasteiger partial charge in [-0.2, -0.15) is 0 Å². The summed E-state index contributed by atoms with van der Waals surface area (Å²) in [7, 11) is 1.88. The van der Waals surface area contributed by atoms with Crippen molar-refractivity contribution in [3.05, 3.63) is 87.4 Å². The Morgan fingerprint density at radius 3 is 2.56 bits per heavy atom. The van der Waals surface area contributed by atoms with Crippen LogP contribution in [0.4, 0.5) is 8.78 Å². The molecule has 0 saturated heterocycles. The highest BCUT2D eigenvalue weighted by atomic mass is 35.5. The smallest absolute Gasteiger partial charge is 0.173 e. The molecule has 2 atom stereocenters. The molecule has 0 saturated carbocycles. The van der Waals surface area contributed by atoms with E-state index < -0.39 is 11.6 Å². The molecule has 168 valence electrons. The Balaban J connectivity index is 2.00. The Bertz CT molecular complexity index is 1120. The third kappa shape index (κ3) is 4.13. The molecular formula is C26H26ClF2NO2. The second-order valence-corrected chi connectivity index (χ2v) is 8.53. The van der Waals surface area contributed by atoms with Gasteiger partial charge in [0.25, 0.3) is 0 Å². The number of likely N-dealkylation sites (N-methyl/N-ethyl adjacent to an activating group) is 1. The maximum atomic E-state index is 15.8. The first-order chi connectivity index (χ1) is 15.5. The summed E-state index contributed by atoms with van der Waals surface area (Å²) in [6.45, 7) is 1.80. The van der Waals surface area contributed by atoms with Crippen LogP contribution in [0.25, 0.3) is 11.1 Å².